The average molecular weight is 387 g/mol. The van der Waals surface area contributed by atoms with Crippen LogP contribution in [0, 0.1) is 0 Å². The largest absolute Gasteiger partial charge is 0.486 e. The van der Waals surface area contributed by atoms with Crippen LogP contribution in [0.5, 0.6) is 11.5 Å². The summed E-state index contributed by atoms with van der Waals surface area (Å²) in [6.45, 7) is 0.280. The minimum absolute atomic E-state index is 0.238. The quantitative estimate of drug-likeness (QED) is 0.765. The molecule has 0 bridgehead atoms. The number of para-hydroxylation sites is 2. The Morgan fingerprint density at radius 1 is 1.14 bits per heavy atom. The molecule has 2 aliphatic heterocycles. The lowest BCUT2D eigenvalue weighted by Gasteiger charge is -2.27. The summed E-state index contributed by atoms with van der Waals surface area (Å²) in [6, 6.07) is 6.87. The molecule has 0 aromatic heterocycles. The van der Waals surface area contributed by atoms with Gasteiger partial charge in [0.1, 0.15) is 24.8 Å². The summed E-state index contributed by atoms with van der Waals surface area (Å²) in [7, 11) is 0. The number of urea groups is 1. The molecule has 4 amide bonds. The van der Waals surface area contributed by atoms with Crippen LogP contribution in [-0.2, 0) is 9.59 Å². The van der Waals surface area contributed by atoms with E-state index in [0.717, 1.165) is 30.6 Å². The first-order valence-electron chi connectivity index (χ1n) is 9.87. The maximum atomic E-state index is 12.8. The zero-order chi connectivity index (χ0) is 19.6. The summed E-state index contributed by atoms with van der Waals surface area (Å²) in [5.41, 5.74) is -0.822. The van der Waals surface area contributed by atoms with Crippen LogP contribution in [0.25, 0.3) is 0 Å². The van der Waals surface area contributed by atoms with Crippen molar-refractivity contribution in [2.45, 2.75) is 50.2 Å². The number of imide groups is 1. The molecule has 2 heterocycles. The Kier molecular flexibility index (Phi) is 5.11. The van der Waals surface area contributed by atoms with Crippen molar-refractivity contribution in [3.63, 3.8) is 0 Å². The van der Waals surface area contributed by atoms with Crippen LogP contribution in [0.15, 0.2) is 24.3 Å². The minimum atomic E-state index is -0.822. The number of fused-ring (bicyclic) bond motifs is 1. The molecule has 3 aliphatic rings. The molecular weight excluding hydrogens is 362 g/mol. The smallest absolute Gasteiger partial charge is 0.325 e. The van der Waals surface area contributed by atoms with Gasteiger partial charge in [-0.15, -0.1) is 0 Å². The maximum absolute atomic E-state index is 12.8. The van der Waals surface area contributed by atoms with Crippen molar-refractivity contribution in [1.82, 2.24) is 15.5 Å². The van der Waals surface area contributed by atoms with Crippen LogP contribution in [0.2, 0.25) is 0 Å². The summed E-state index contributed by atoms with van der Waals surface area (Å²) < 4.78 is 11.4. The number of carbonyl (C=O) groups excluding carboxylic acids is 3. The number of hydrogen-bond acceptors (Lipinski definition) is 5. The van der Waals surface area contributed by atoms with E-state index in [9.17, 15) is 14.4 Å². The van der Waals surface area contributed by atoms with E-state index in [1.165, 1.54) is 0 Å². The molecule has 28 heavy (non-hydrogen) atoms. The Labute approximate surface area is 163 Å². The Morgan fingerprint density at radius 2 is 1.86 bits per heavy atom. The summed E-state index contributed by atoms with van der Waals surface area (Å²) >= 11 is 0. The molecule has 0 radical (unpaired) electrons. The Hall–Kier alpha value is -2.77. The van der Waals surface area contributed by atoms with Gasteiger partial charge in [0, 0.05) is 0 Å². The van der Waals surface area contributed by atoms with E-state index >= 15 is 0 Å². The van der Waals surface area contributed by atoms with Crippen molar-refractivity contribution in [3.8, 4) is 11.5 Å². The first kappa shape index (κ1) is 18.6. The number of amides is 4. The van der Waals surface area contributed by atoms with E-state index in [0.29, 0.717) is 30.9 Å². The van der Waals surface area contributed by atoms with Crippen molar-refractivity contribution >= 4 is 17.8 Å². The van der Waals surface area contributed by atoms with Crippen LogP contribution in [0.1, 0.15) is 38.5 Å². The molecule has 1 aromatic carbocycles. The van der Waals surface area contributed by atoms with Gasteiger partial charge in [0.15, 0.2) is 11.5 Å². The lowest BCUT2D eigenvalue weighted by molar-refractivity contribution is -0.135. The second-order valence-corrected chi connectivity index (χ2v) is 7.62. The second kappa shape index (κ2) is 7.69. The first-order chi connectivity index (χ1) is 13.6. The second-order valence-electron chi connectivity index (χ2n) is 7.62. The predicted octanol–water partition coefficient (Wildman–Crippen LogP) is 1.59. The van der Waals surface area contributed by atoms with Gasteiger partial charge < -0.3 is 20.1 Å². The highest BCUT2D eigenvalue weighted by atomic mass is 16.6. The molecule has 8 nitrogen and oxygen atoms in total. The number of hydrogen-bond donors (Lipinski definition) is 2. The van der Waals surface area contributed by atoms with E-state index in [1.807, 2.05) is 24.3 Å². The van der Waals surface area contributed by atoms with Crippen LogP contribution in [-0.4, -0.2) is 54.1 Å². The summed E-state index contributed by atoms with van der Waals surface area (Å²) in [6.07, 6.45) is 4.91. The Balaban J connectivity index is 1.30. The average Bonchev–Trinajstić information content (AvgIpc) is 2.86. The molecule has 2 N–H and O–H groups in total. The van der Waals surface area contributed by atoms with Gasteiger partial charge in [-0.3, -0.25) is 14.5 Å². The van der Waals surface area contributed by atoms with Crippen molar-refractivity contribution in [3.05, 3.63) is 24.3 Å². The molecule has 150 valence electrons. The van der Waals surface area contributed by atoms with E-state index in [-0.39, 0.29) is 25.1 Å². The molecule has 1 atom stereocenters. The van der Waals surface area contributed by atoms with E-state index in [1.54, 1.807) is 0 Å². The standard InChI is InChI=1S/C20H25N3O5/c24-17(21-11-14-13-27-15-7-3-4-8-16(15)28-14)12-23-18(25)20(22-19(23)26)9-5-1-2-6-10-20/h3-4,7-8,14H,1-2,5-6,9-13H2,(H,21,24)(H,22,26)/t14-/m1/s1. The number of carbonyl (C=O) groups is 3. The number of rotatable bonds is 4. The van der Waals surface area contributed by atoms with E-state index < -0.39 is 17.5 Å². The molecule has 4 rings (SSSR count). The van der Waals surface area contributed by atoms with Crippen molar-refractivity contribution in [2.24, 2.45) is 0 Å². The monoisotopic (exact) mass is 387 g/mol. The lowest BCUT2D eigenvalue weighted by atomic mass is 9.90. The van der Waals surface area contributed by atoms with Gasteiger partial charge in [0.25, 0.3) is 5.91 Å². The van der Waals surface area contributed by atoms with Gasteiger partial charge in [-0.25, -0.2) is 4.79 Å². The zero-order valence-corrected chi connectivity index (χ0v) is 15.7. The number of ether oxygens (including phenoxy) is 2. The third-order valence-corrected chi connectivity index (χ3v) is 5.60. The molecule has 1 spiro atoms. The Bertz CT molecular complexity index is 773. The fourth-order valence-electron chi connectivity index (χ4n) is 4.08. The van der Waals surface area contributed by atoms with Crippen LogP contribution < -0.4 is 20.1 Å². The number of nitrogens with one attached hydrogen (secondary N) is 2. The van der Waals surface area contributed by atoms with Crippen LogP contribution in [0.3, 0.4) is 0 Å². The van der Waals surface area contributed by atoms with E-state index in [4.69, 9.17) is 9.47 Å². The lowest BCUT2D eigenvalue weighted by Crippen LogP contribution is -2.48. The Morgan fingerprint density at radius 3 is 2.61 bits per heavy atom. The fraction of sp³-hybridized carbons (Fsp3) is 0.550. The first-order valence-corrected chi connectivity index (χ1v) is 9.87. The third kappa shape index (κ3) is 3.63. The normalized spacial score (nSPS) is 23.3. The molecule has 1 saturated carbocycles. The highest BCUT2D eigenvalue weighted by Crippen LogP contribution is 2.33. The number of nitrogens with zero attached hydrogens (tertiary/aromatic N) is 1. The molecule has 8 heteroatoms. The zero-order valence-electron chi connectivity index (χ0n) is 15.7. The molecule has 2 fully saturated rings. The van der Waals surface area contributed by atoms with Gasteiger partial charge in [0.05, 0.1) is 6.54 Å². The molecule has 1 aromatic rings. The minimum Gasteiger partial charge on any atom is -0.486 e. The van der Waals surface area contributed by atoms with Gasteiger partial charge in [-0.1, -0.05) is 37.8 Å². The van der Waals surface area contributed by atoms with Gasteiger partial charge in [-0.05, 0) is 25.0 Å². The third-order valence-electron chi connectivity index (χ3n) is 5.60. The maximum Gasteiger partial charge on any atom is 0.325 e. The van der Waals surface area contributed by atoms with Gasteiger partial charge in [-0.2, -0.15) is 0 Å². The highest BCUT2D eigenvalue weighted by molar-refractivity contribution is 6.09. The number of benzene rings is 1. The summed E-state index contributed by atoms with van der Waals surface area (Å²) in [4.78, 5) is 38.5. The van der Waals surface area contributed by atoms with Gasteiger partial charge >= 0.3 is 6.03 Å². The molecule has 1 aliphatic carbocycles. The SMILES string of the molecule is O=C(CN1C(=O)NC2(CCCCCC2)C1=O)NC[C@@H]1COc2ccccc2O1. The predicted molar refractivity (Wildman–Crippen MR) is 100 cm³/mol. The van der Waals surface area contributed by atoms with Crippen LogP contribution >= 0.6 is 0 Å². The van der Waals surface area contributed by atoms with Crippen molar-refractivity contribution in [1.29, 1.82) is 0 Å². The highest BCUT2D eigenvalue weighted by Gasteiger charge is 2.51. The van der Waals surface area contributed by atoms with Crippen LogP contribution in [0.4, 0.5) is 4.79 Å². The fourth-order valence-corrected chi connectivity index (χ4v) is 4.08. The van der Waals surface area contributed by atoms with Crippen molar-refractivity contribution in [2.75, 3.05) is 19.7 Å². The van der Waals surface area contributed by atoms with E-state index in [2.05, 4.69) is 10.6 Å². The van der Waals surface area contributed by atoms with Gasteiger partial charge in [0.2, 0.25) is 5.91 Å². The van der Waals surface area contributed by atoms with Crippen molar-refractivity contribution < 1.29 is 23.9 Å². The summed E-state index contributed by atoms with van der Waals surface area (Å²) in [5, 5.41) is 5.58. The molecular formula is C20H25N3O5. The summed E-state index contributed by atoms with van der Waals surface area (Å²) in [5.74, 6) is 0.646. The molecule has 0 unspecified atom stereocenters. The topological polar surface area (TPSA) is 97.0 Å². The molecule has 1 saturated heterocycles.